The lowest BCUT2D eigenvalue weighted by atomic mass is 10.2. The smallest absolute Gasteiger partial charge is 0.164 e. The first-order valence-electron chi connectivity index (χ1n) is 5.48. The molecule has 0 saturated heterocycles. The number of rotatable bonds is 7. The standard InChI is InChI=1S/C13H20O2S/c1-13(14-2,15-3)10-7-11-16-12-8-5-4-6-9-12/h4-6,8-9H,7,10-11H2,1-3H3. The molecule has 1 rings (SSSR count). The second kappa shape index (κ2) is 6.94. The summed E-state index contributed by atoms with van der Waals surface area (Å²) < 4.78 is 10.6. The van der Waals surface area contributed by atoms with Crippen molar-refractivity contribution in [1.29, 1.82) is 0 Å². The van der Waals surface area contributed by atoms with Gasteiger partial charge in [0.15, 0.2) is 5.79 Å². The predicted octanol–water partition coefficient (Wildman–Crippen LogP) is 3.57. The molecule has 1 aromatic rings. The molecule has 1 aromatic carbocycles. The number of thioether (sulfide) groups is 1. The molecule has 0 aromatic heterocycles. The molecule has 0 unspecified atom stereocenters. The summed E-state index contributed by atoms with van der Waals surface area (Å²) in [5.74, 6) is 0.656. The highest BCUT2D eigenvalue weighted by Gasteiger charge is 2.21. The molecular formula is C13H20O2S. The Hall–Kier alpha value is -0.510. The Labute approximate surface area is 102 Å². The highest BCUT2D eigenvalue weighted by molar-refractivity contribution is 7.99. The van der Waals surface area contributed by atoms with Crippen LogP contribution in [0, 0.1) is 0 Å². The molecule has 0 aliphatic heterocycles. The number of hydrogen-bond donors (Lipinski definition) is 0. The van der Waals surface area contributed by atoms with Crippen LogP contribution in [0.1, 0.15) is 19.8 Å². The Morgan fingerprint density at radius 2 is 1.75 bits per heavy atom. The second-order valence-electron chi connectivity index (χ2n) is 3.81. The fourth-order valence-electron chi connectivity index (χ4n) is 1.39. The van der Waals surface area contributed by atoms with Gasteiger partial charge in [-0.05, 0) is 31.2 Å². The van der Waals surface area contributed by atoms with Gasteiger partial charge >= 0.3 is 0 Å². The summed E-state index contributed by atoms with van der Waals surface area (Å²) in [6, 6.07) is 10.4. The van der Waals surface area contributed by atoms with E-state index in [0.29, 0.717) is 0 Å². The Kier molecular flexibility index (Phi) is 5.88. The summed E-state index contributed by atoms with van der Waals surface area (Å²) in [5, 5.41) is 0. The van der Waals surface area contributed by atoms with E-state index < -0.39 is 5.79 Å². The Morgan fingerprint density at radius 1 is 1.12 bits per heavy atom. The van der Waals surface area contributed by atoms with Gasteiger partial charge in [0.1, 0.15) is 0 Å². The summed E-state index contributed by atoms with van der Waals surface area (Å²) in [7, 11) is 3.38. The third kappa shape index (κ3) is 4.56. The van der Waals surface area contributed by atoms with Gasteiger partial charge in [0.2, 0.25) is 0 Å². The second-order valence-corrected chi connectivity index (χ2v) is 4.98. The van der Waals surface area contributed by atoms with Crippen molar-refractivity contribution in [3.63, 3.8) is 0 Å². The van der Waals surface area contributed by atoms with Gasteiger partial charge in [-0.15, -0.1) is 11.8 Å². The van der Waals surface area contributed by atoms with E-state index in [0.717, 1.165) is 18.6 Å². The number of hydrogen-bond acceptors (Lipinski definition) is 3. The van der Waals surface area contributed by atoms with Crippen LogP contribution in [0.3, 0.4) is 0 Å². The van der Waals surface area contributed by atoms with E-state index in [4.69, 9.17) is 9.47 Å². The van der Waals surface area contributed by atoms with Crippen LogP contribution in [-0.2, 0) is 9.47 Å². The first kappa shape index (κ1) is 13.6. The monoisotopic (exact) mass is 240 g/mol. The zero-order valence-corrected chi connectivity index (χ0v) is 11.0. The molecule has 0 amide bonds. The van der Waals surface area contributed by atoms with Crippen LogP contribution < -0.4 is 0 Å². The molecule has 0 aliphatic carbocycles. The maximum atomic E-state index is 5.31. The quantitative estimate of drug-likeness (QED) is 0.412. The Bertz CT molecular complexity index is 283. The summed E-state index contributed by atoms with van der Waals surface area (Å²) in [4.78, 5) is 1.32. The fraction of sp³-hybridized carbons (Fsp3) is 0.538. The topological polar surface area (TPSA) is 18.5 Å². The molecule has 0 saturated carbocycles. The highest BCUT2D eigenvalue weighted by atomic mass is 32.2. The minimum Gasteiger partial charge on any atom is -0.353 e. The van der Waals surface area contributed by atoms with Crippen molar-refractivity contribution in [1.82, 2.24) is 0 Å². The van der Waals surface area contributed by atoms with Crippen LogP contribution in [0.25, 0.3) is 0 Å². The first-order chi connectivity index (χ1) is 7.70. The molecule has 0 aliphatic rings. The van der Waals surface area contributed by atoms with Crippen molar-refractivity contribution in [2.75, 3.05) is 20.0 Å². The maximum Gasteiger partial charge on any atom is 0.164 e. The molecule has 0 bridgehead atoms. The van der Waals surface area contributed by atoms with Gasteiger partial charge in [-0.3, -0.25) is 0 Å². The minimum atomic E-state index is -0.433. The molecule has 0 heterocycles. The van der Waals surface area contributed by atoms with E-state index in [1.54, 1.807) is 14.2 Å². The summed E-state index contributed by atoms with van der Waals surface area (Å²) in [5.41, 5.74) is 0. The van der Waals surface area contributed by atoms with E-state index in [9.17, 15) is 0 Å². The molecule has 2 nitrogen and oxygen atoms in total. The van der Waals surface area contributed by atoms with Crippen LogP contribution in [0.4, 0.5) is 0 Å². The minimum absolute atomic E-state index is 0.433. The lowest BCUT2D eigenvalue weighted by Crippen LogP contribution is -2.29. The molecule has 0 spiro atoms. The highest BCUT2D eigenvalue weighted by Crippen LogP contribution is 2.22. The largest absolute Gasteiger partial charge is 0.353 e. The molecule has 3 heteroatoms. The normalized spacial score (nSPS) is 11.7. The molecule has 0 atom stereocenters. The van der Waals surface area contributed by atoms with Gasteiger partial charge in [0, 0.05) is 25.5 Å². The first-order valence-corrected chi connectivity index (χ1v) is 6.47. The average Bonchev–Trinajstić information content (AvgIpc) is 2.36. The van der Waals surface area contributed by atoms with Crippen molar-refractivity contribution in [3.8, 4) is 0 Å². The molecule has 0 fully saturated rings. The van der Waals surface area contributed by atoms with E-state index in [1.165, 1.54) is 4.90 Å². The Morgan fingerprint density at radius 3 is 2.31 bits per heavy atom. The summed E-state index contributed by atoms with van der Waals surface area (Å²) >= 11 is 1.87. The lowest BCUT2D eigenvalue weighted by molar-refractivity contribution is -0.197. The van der Waals surface area contributed by atoms with Gasteiger partial charge < -0.3 is 9.47 Å². The zero-order chi connectivity index (χ0) is 11.9. The Balaban J connectivity index is 2.22. The third-order valence-electron chi connectivity index (χ3n) is 2.65. The van der Waals surface area contributed by atoms with Gasteiger partial charge in [-0.2, -0.15) is 0 Å². The number of benzene rings is 1. The molecule has 0 radical (unpaired) electrons. The number of ether oxygens (including phenoxy) is 2. The van der Waals surface area contributed by atoms with Crippen LogP contribution in [0.2, 0.25) is 0 Å². The summed E-state index contributed by atoms with van der Waals surface area (Å²) in [6.07, 6.45) is 2.00. The molecule has 0 N–H and O–H groups in total. The van der Waals surface area contributed by atoms with Crippen molar-refractivity contribution < 1.29 is 9.47 Å². The van der Waals surface area contributed by atoms with Gasteiger partial charge in [-0.1, -0.05) is 18.2 Å². The molecular weight excluding hydrogens is 220 g/mol. The van der Waals surface area contributed by atoms with Crippen LogP contribution >= 0.6 is 11.8 Å². The van der Waals surface area contributed by atoms with E-state index in [1.807, 2.05) is 24.8 Å². The van der Waals surface area contributed by atoms with Crippen LogP contribution in [0.5, 0.6) is 0 Å². The number of methoxy groups -OCH3 is 2. The van der Waals surface area contributed by atoms with E-state index in [-0.39, 0.29) is 0 Å². The lowest BCUT2D eigenvalue weighted by Gasteiger charge is -2.26. The molecule has 16 heavy (non-hydrogen) atoms. The van der Waals surface area contributed by atoms with Crippen molar-refractivity contribution >= 4 is 11.8 Å². The van der Waals surface area contributed by atoms with Crippen molar-refractivity contribution in [3.05, 3.63) is 30.3 Å². The van der Waals surface area contributed by atoms with E-state index >= 15 is 0 Å². The van der Waals surface area contributed by atoms with Crippen molar-refractivity contribution in [2.45, 2.75) is 30.4 Å². The molecule has 90 valence electrons. The van der Waals surface area contributed by atoms with Gasteiger partial charge in [-0.25, -0.2) is 0 Å². The third-order valence-corrected chi connectivity index (χ3v) is 3.75. The van der Waals surface area contributed by atoms with Crippen molar-refractivity contribution in [2.24, 2.45) is 0 Å². The van der Waals surface area contributed by atoms with Gasteiger partial charge in [0.05, 0.1) is 0 Å². The zero-order valence-electron chi connectivity index (χ0n) is 10.2. The van der Waals surface area contributed by atoms with Crippen LogP contribution in [-0.4, -0.2) is 25.8 Å². The predicted molar refractivity (Wildman–Crippen MR) is 68.8 cm³/mol. The average molecular weight is 240 g/mol. The SMILES string of the molecule is COC(C)(CCCSc1ccccc1)OC. The fourth-order valence-corrected chi connectivity index (χ4v) is 2.26. The summed E-state index contributed by atoms with van der Waals surface area (Å²) in [6.45, 7) is 1.97. The van der Waals surface area contributed by atoms with Gasteiger partial charge in [0.25, 0.3) is 0 Å². The van der Waals surface area contributed by atoms with Crippen LogP contribution in [0.15, 0.2) is 35.2 Å². The van der Waals surface area contributed by atoms with E-state index in [2.05, 4.69) is 24.3 Å². The maximum absolute atomic E-state index is 5.31.